The van der Waals surface area contributed by atoms with Crippen molar-refractivity contribution in [1.29, 1.82) is 0 Å². The molecule has 0 bridgehead atoms. The fourth-order valence-corrected chi connectivity index (χ4v) is 5.02. The molecule has 0 saturated heterocycles. The number of hydrogen-bond donors (Lipinski definition) is 1. The molecular formula is C21H15FN2O5S2. The van der Waals surface area contributed by atoms with Crippen LogP contribution in [0.3, 0.4) is 0 Å². The fraction of sp³-hybridized carbons (Fsp3) is 0.143. The van der Waals surface area contributed by atoms with Gasteiger partial charge in [0.2, 0.25) is 5.78 Å². The third-order valence-corrected chi connectivity index (χ3v) is 6.77. The van der Waals surface area contributed by atoms with Gasteiger partial charge in [-0.05, 0) is 24.4 Å². The van der Waals surface area contributed by atoms with E-state index in [4.69, 9.17) is 4.74 Å². The molecule has 158 valence electrons. The SMILES string of the molecule is COC(=O)c1sc(N2C(=O)C(O)=C(C(=O)c3cccs3)C2c2ccccc2F)nc1C. The molecular weight excluding hydrogens is 443 g/mol. The van der Waals surface area contributed by atoms with Crippen LogP contribution in [0.4, 0.5) is 9.52 Å². The molecule has 0 spiro atoms. The summed E-state index contributed by atoms with van der Waals surface area (Å²) in [5, 5.41) is 12.4. The van der Waals surface area contributed by atoms with E-state index in [1.807, 2.05) is 0 Å². The van der Waals surface area contributed by atoms with Crippen molar-refractivity contribution in [3.05, 3.63) is 79.9 Å². The second-order valence-electron chi connectivity index (χ2n) is 6.57. The minimum absolute atomic E-state index is 0.0206. The summed E-state index contributed by atoms with van der Waals surface area (Å²) in [6, 6.07) is 7.65. The lowest BCUT2D eigenvalue weighted by Crippen LogP contribution is -2.31. The first-order valence-corrected chi connectivity index (χ1v) is 10.7. The van der Waals surface area contributed by atoms with Gasteiger partial charge in [-0.2, -0.15) is 0 Å². The number of benzene rings is 1. The minimum Gasteiger partial charge on any atom is -0.503 e. The number of aliphatic hydroxyl groups excluding tert-OH is 1. The quantitative estimate of drug-likeness (QED) is 0.454. The van der Waals surface area contributed by atoms with E-state index >= 15 is 0 Å². The van der Waals surface area contributed by atoms with E-state index in [0.717, 1.165) is 27.6 Å². The van der Waals surface area contributed by atoms with Crippen molar-refractivity contribution >= 4 is 45.5 Å². The van der Waals surface area contributed by atoms with Crippen LogP contribution in [0.1, 0.15) is 36.6 Å². The number of aliphatic hydroxyl groups is 1. The number of anilines is 1. The molecule has 1 aliphatic rings. The van der Waals surface area contributed by atoms with Gasteiger partial charge in [0, 0.05) is 5.56 Å². The smallest absolute Gasteiger partial charge is 0.350 e. The highest BCUT2D eigenvalue weighted by atomic mass is 32.1. The number of aryl methyl sites for hydroxylation is 1. The molecule has 0 aliphatic carbocycles. The number of methoxy groups -OCH3 is 1. The second-order valence-corrected chi connectivity index (χ2v) is 8.50. The average Bonchev–Trinajstić information content (AvgIpc) is 3.47. The molecule has 0 fully saturated rings. The predicted molar refractivity (Wildman–Crippen MR) is 113 cm³/mol. The van der Waals surface area contributed by atoms with Gasteiger partial charge in [-0.3, -0.25) is 14.5 Å². The van der Waals surface area contributed by atoms with E-state index in [-0.39, 0.29) is 21.1 Å². The molecule has 1 atom stereocenters. The molecule has 3 aromatic rings. The Morgan fingerprint density at radius 2 is 1.97 bits per heavy atom. The van der Waals surface area contributed by atoms with E-state index in [1.54, 1.807) is 30.5 Å². The molecule has 7 nitrogen and oxygen atoms in total. The Morgan fingerprint density at radius 3 is 2.61 bits per heavy atom. The molecule has 2 aromatic heterocycles. The van der Waals surface area contributed by atoms with Crippen LogP contribution < -0.4 is 4.90 Å². The number of hydrogen-bond acceptors (Lipinski definition) is 8. The number of aromatic nitrogens is 1. The highest BCUT2D eigenvalue weighted by Gasteiger charge is 2.47. The first-order chi connectivity index (χ1) is 14.8. The van der Waals surface area contributed by atoms with E-state index < -0.39 is 35.3 Å². The first kappa shape index (κ1) is 20.9. The van der Waals surface area contributed by atoms with Crippen molar-refractivity contribution in [2.75, 3.05) is 12.0 Å². The fourth-order valence-electron chi connectivity index (χ4n) is 3.33. The van der Waals surface area contributed by atoms with Crippen molar-refractivity contribution in [2.45, 2.75) is 13.0 Å². The monoisotopic (exact) mass is 458 g/mol. The number of carbonyl (C=O) groups excluding carboxylic acids is 3. The summed E-state index contributed by atoms with van der Waals surface area (Å²) in [5.41, 5.74) is 0.0850. The molecule has 1 aromatic carbocycles. The molecule has 1 N–H and O–H groups in total. The van der Waals surface area contributed by atoms with Crippen LogP contribution in [0.5, 0.6) is 0 Å². The lowest BCUT2D eigenvalue weighted by Gasteiger charge is -2.24. The first-order valence-electron chi connectivity index (χ1n) is 9.00. The third kappa shape index (κ3) is 3.43. The van der Waals surface area contributed by atoms with E-state index in [0.29, 0.717) is 10.6 Å². The number of esters is 1. The second kappa shape index (κ2) is 8.05. The predicted octanol–water partition coefficient (Wildman–Crippen LogP) is 4.22. The van der Waals surface area contributed by atoms with Gasteiger partial charge in [0.1, 0.15) is 16.7 Å². The Morgan fingerprint density at radius 1 is 1.23 bits per heavy atom. The van der Waals surface area contributed by atoms with Crippen molar-refractivity contribution in [2.24, 2.45) is 0 Å². The Balaban J connectivity index is 1.90. The Labute approximate surface area is 184 Å². The van der Waals surface area contributed by atoms with Gasteiger partial charge in [0.25, 0.3) is 5.91 Å². The number of amides is 1. The van der Waals surface area contributed by atoms with Crippen LogP contribution in [0.15, 0.2) is 53.1 Å². The van der Waals surface area contributed by atoms with Crippen molar-refractivity contribution < 1.29 is 28.6 Å². The van der Waals surface area contributed by atoms with Gasteiger partial charge in [-0.1, -0.05) is 35.6 Å². The number of rotatable bonds is 5. The number of thiazole rings is 1. The van der Waals surface area contributed by atoms with Gasteiger partial charge in [0.15, 0.2) is 10.9 Å². The summed E-state index contributed by atoms with van der Waals surface area (Å²) in [6.07, 6.45) is 0. The topological polar surface area (TPSA) is 96.8 Å². The summed E-state index contributed by atoms with van der Waals surface area (Å²) in [4.78, 5) is 44.0. The van der Waals surface area contributed by atoms with Gasteiger partial charge in [-0.25, -0.2) is 14.2 Å². The highest BCUT2D eigenvalue weighted by molar-refractivity contribution is 7.17. The third-order valence-electron chi connectivity index (χ3n) is 4.76. The van der Waals surface area contributed by atoms with Crippen molar-refractivity contribution in [3.8, 4) is 0 Å². The summed E-state index contributed by atoms with van der Waals surface area (Å²) in [5.74, 6) is -3.56. The normalized spacial score (nSPS) is 16.2. The Bertz CT molecular complexity index is 1230. The molecule has 31 heavy (non-hydrogen) atoms. The summed E-state index contributed by atoms with van der Waals surface area (Å²) in [7, 11) is 1.22. The maximum Gasteiger partial charge on any atom is 0.350 e. The summed E-state index contributed by atoms with van der Waals surface area (Å²) < 4.78 is 19.5. The standard InChI is InChI=1S/C21H15FN2O5S2/c1-10-18(20(28)29-2)31-21(23-10)24-15(11-6-3-4-7-12(11)22)14(17(26)19(24)27)16(25)13-8-5-9-30-13/h3-9,15,26H,1-2H3. The van der Waals surface area contributed by atoms with Crippen LogP contribution >= 0.6 is 22.7 Å². The minimum atomic E-state index is -1.25. The maximum atomic E-state index is 14.8. The van der Waals surface area contributed by atoms with Gasteiger partial charge < -0.3 is 9.84 Å². The van der Waals surface area contributed by atoms with Crippen LogP contribution in [0, 0.1) is 12.7 Å². The lowest BCUT2D eigenvalue weighted by molar-refractivity contribution is -0.117. The maximum absolute atomic E-state index is 14.8. The number of nitrogens with zero attached hydrogens (tertiary/aromatic N) is 2. The average molecular weight is 458 g/mol. The molecule has 1 unspecified atom stereocenters. The molecule has 0 radical (unpaired) electrons. The number of thiophene rings is 1. The molecule has 0 saturated carbocycles. The highest BCUT2D eigenvalue weighted by Crippen LogP contribution is 2.44. The van der Waals surface area contributed by atoms with Gasteiger partial charge in [0.05, 0.1) is 23.3 Å². The molecule has 4 rings (SSSR count). The zero-order valence-electron chi connectivity index (χ0n) is 16.3. The van der Waals surface area contributed by atoms with E-state index in [9.17, 15) is 23.9 Å². The molecule has 1 aliphatic heterocycles. The van der Waals surface area contributed by atoms with Crippen molar-refractivity contribution in [3.63, 3.8) is 0 Å². The van der Waals surface area contributed by atoms with Crippen LogP contribution in [0.25, 0.3) is 0 Å². The zero-order chi connectivity index (χ0) is 22.3. The zero-order valence-corrected chi connectivity index (χ0v) is 17.9. The number of halogens is 1. The molecule has 1 amide bonds. The molecule has 3 heterocycles. The summed E-state index contributed by atoms with van der Waals surface area (Å²) in [6.45, 7) is 1.57. The van der Waals surface area contributed by atoms with E-state index in [1.165, 1.54) is 25.3 Å². The Hall–Kier alpha value is -3.37. The summed E-state index contributed by atoms with van der Waals surface area (Å²) >= 11 is 2.00. The van der Waals surface area contributed by atoms with Crippen molar-refractivity contribution in [1.82, 2.24) is 4.98 Å². The number of Topliss-reactive ketones (excluding diaryl/α,β-unsaturated/α-hetero) is 1. The van der Waals surface area contributed by atoms with E-state index in [2.05, 4.69) is 4.98 Å². The van der Waals surface area contributed by atoms with Gasteiger partial charge >= 0.3 is 5.97 Å². The van der Waals surface area contributed by atoms with Crippen LogP contribution in [-0.2, 0) is 9.53 Å². The Kier molecular flexibility index (Phi) is 5.42. The number of carbonyl (C=O) groups is 3. The largest absolute Gasteiger partial charge is 0.503 e. The van der Waals surface area contributed by atoms with Crippen LogP contribution in [-0.4, -0.2) is 34.9 Å². The van der Waals surface area contributed by atoms with Gasteiger partial charge in [-0.15, -0.1) is 11.3 Å². The van der Waals surface area contributed by atoms with Crippen LogP contribution in [0.2, 0.25) is 0 Å². The molecule has 10 heteroatoms. The number of ketones is 1. The lowest BCUT2D eigenvalue weighted by atomic mass is 9.95. The number of ether oxygens (including phenoxy) is 1.